The maximum Gasteiger partial charge on any atom is 0.263 e. The van der Waals surface area contributed by atoms with Crippen LogP contribution in [0.5, 0.6) is 0 Å². The zero-order valence-corrected chi connectivity index (χ0v) is 15.0. The van der Waals surface area contributed by atoms with Gasteiger partial charge in [0.25, 0.3) is 10.0 Å². The summed E-state index contributed by atoms with van der Waals surface area (Å²) in [5.41, 5.74) is 6.75. The van der Waals surface area contributed by atoms with E-state index in [1.54, 1.807) is 30.5 Å². The number of nitrogens with one attached hydrogen (secondary N) is 1. The van der Waals surface area contributed by atoms with E-state index in [0.717, 1.165) is 9.26 Å². The summed E-state index contributed by atoms with van der Waals surface area (Å²) in [4.78, 5) is 0.180. The van der Waals surface area contributed by atoms with E-state index in [1.807, 2.05) is 11.5 Å². The Morgan fingerprint density at radius 2 is 2.10 bits per heavy atom. The molecule has 21 heavy (non-hydrogen) atoms. The lowest BCUT2D eigenvalue weighted by Crippen LogP contribution is -2.12. The van der Waals surface area contributed by atoms with Gasteiger partial charge in [-0.05, 0) is 53.8 Å². The maximum atomic E-state index is 12.4. The largest absolute Gasteiger partial charge is 0.349 e. The third-order valence-electron chi connectivity index (χ3n) is 3.00. The second-order valence-corrected chi connectivity index (χ2v) is 7.72. The van der Waals surface area contributed by atoms with Crippen molar-refractivity contribution in [3.8, 4) is 0 Å². The van der Waals surface area contributed by atoms with Gasteiger partial charge in [0.05, 0.1) is 10.7 Å². The molecule has 0 fully saturated rings. The third kappa shape index (κ3) is 3.71. The van der Waals surface area contributed by atoms with E-state index in [1.165, 1.54) is 0 Å². The van der Waals surface area contributed by atoms with Crippen LogP contribution in [0, 0.1) is 3.57 Å². The first-order chi connectivity index (χ1) is 9.87. The van der Waals surface area contributed by atoms with Gasteiger partial charge in [0.1, 0.15) is 4.90 Å². The first-order valence-electron chi connectivity index (χ1n) is 6.24. The molecule has 0 unspecified atom stereocenters. The second kappa shape index (κ2) is 6.55. The standard InChI is InChI=1S/C13H15ClIN3O2S/c1-2-18-8-11(6-10(18)7-16)21(19,20)17-13-4-3-9(15)5-12(13)14/h3-6,8,17H,2,7,16H2,1H3. The van der Waals surface area contributed by atoms with E-state index >= 15 is 0 Å². The normalized spacial score (nSPS) is 11.6. The molecule has 0 bridgehead atoms. The molecule has 114 valence electrons. The summed E-state index contributed by atoms with van der Waals surface area (Å²) in [5.74, 6) is 0. The monoisotopic (exact) mass is 439 g/mol. The fraction of sp³-hybridized carbons (Fsp3) is 0.231. The Hall–Kier alpha value is -0.770. The zero-order chi connectivity index (χ0) is 15.6. The van der Waals surface area contributed by atoms with E-state index in [9.17, 15) is 8.42 Å². The van der Waals surface area contributed by atoms with Gasteiger partial charge in [0.2, 0.25) is 0 Å². The molecule has 0 atom stereocenters. The summed E-state index contributed by atoms with van der Waals surface area (Å²) >= 11 is 8.17. The van der Waals surface area contributed by atoms with E-state index in [0.29, 0.717) is 17.3 Å². The SMILES string of the molecule is CCn1cc(S(=O)(=O)Nc2ccc(I)cc2Cl)cc1CN. The van der Waals surface area contributed by atoms with E-state index in [4.69, 9.17) is 17.3 Å². The molecular formula is C13H15ClIN3O2S. The van der Waals surface area contributed by atoms with Crippen LogP contribution in [0.4, 0.5) is 5.69 Å². The Morgan fingerprint density at radius 3 is 2.62 bits per heavy atom. The molecule has 5 nitrogen and oxygen atoms in total. The van der Waals surface area contributed by atoms with Gasteiger partial charge < -0.3 is 10.3 Å². The highest BCUT2D eigenvalue weighted by Gasteiger charge is 2.19. The third-order valence-corrected chi connectivity index (χ3v) is 5.31. The minimum atomic E-state index is -3.68. The average molecular weight is 440 g/mol. The predicted octanol–water partition coefficient (Wildman–Crippen LogP) is 3.03. The lowest BCUT2D eigenvalue weighted by molar-refractivity contribution is 0.600. The van der Waals surface area contributed by atoms with Crippen LogP contribution in [0.1, 0.15) is 12.6 Å². The molecule has 1 heterocycles. The first-order valence-corrected chi connectivity index (χ1v) is 9.18. The Balaban J connectivity index is 2.36. The van der Waals surface area contributed by atoms with Crippen molar-refractivity contribution in [2.24, 2.45) is 5.73 Å². The average Bonchev–Trinajstić information content (AvgIpc) is 2.86. The highest BCUT2D eigenvalue weighted by molar-refractivity contribution is 14.1. The number of hydrogen-bond acceptors (Lipinski definition) is 3. The van der Waals surface area contributed by atoms with E-state index in [2.05, 4.69) is 27.3 Å². The van der Waals surface area contributed by atoms with Gasteiger partial charge in [0.15, 0.2) is 0 Å². The summed E-state index contributed by atoms with van der Waals surface area (Å²) in [6.07, 6.45) is 1.57. The molecule has 8 heteroatoms. The number of rotatable bonds is 5. The lowest BCUT2D eigenvalue weighted by atomic mass is 10.3. The van der Waals surface area contributed by atoms with Crippen LogP contribution >= 0.6 is 34.2 Å². The lowest BCUT2D eigenvalue weighted by Gasteiger charge is -2.08. The van der Waals surface area contributed by atoms with Crippen molar-refractivity contribution in [1.29, 1.82) is 0 Å². The van der Waals surface area contributed by atoms with Gasteiger partial charge in [-0.25, -0.2) is 8.42 Å². The number of aryl methyl sites for hydroxylation is 1. The molecule has 3 N–H and O–H groups in total. The highest BCUT2D eigenvalue weighted by Crippen LogP contribution is 2.27. The Morgan fingerprint density at radius 1 is 1.38 bits per heavy atom. The molecule has 0 aliphatic carbocycles. The summed E-state index contributed by atoms with van der Waals surface area (Å²) in [6, 6.07) is 6.70. The summed E-state index contributed by atoms with van der Waals surface area (Å²) < 4.78 is 30.1. The summed E-state index contributed by atoms with van der Waals surface area (Å²) in [5, 5.41) is 0.361. The smallest absolute Gasteiger partial charge is 0.263 e. The highest BCUT2D eigenvalue weighted by atomic mass is 127. The Bertz CT molecular complexity index is 737. The van der Waals surface area contributed by atoms with Crippen molar-refractivity contribution >= 4 is 49.9 Å². The maximum absolute atomic E-state index is 12.4. The van der Waals surface area contributed by atoms with Gasteiger partial charge in [-0.2, -0.15) is 0 Å². The Labute approximate surface area is 142 Å². The molecule has 1 aromatic carbocycles. The van der Waals surface area contributed by atoms with Crippen molar-refractivity contribution in [2.75, 3.05) is 4.72 Å². The topological polar surface area (TPSA) is 77.1 Å². The molecule has 0 saturated heterocycles. The van der Waals surface area contributed by atoms with Crippen LogP contribution < -0.4 is 10.5 Å². The zero-order valence-electron chi connectivity index (χ0n) is 11.3. The molecule has 0 aliphatic rings. The minimum Gasteiger partial charge on any atom is -0.349 e. The minimum absolute atomic E-state index is 0.180. The summed E-state index contributed by atoms with van der Waals surface area (Å²) in [6.45, 7) is 2.87. The number of nitrogens with zero attached hydrogens (tertiary/aromatic N) is 1. The second-order valence-electron chi connectivity index (χ2n) is 4.39. The molecule has 0 radical (unpaired) electrons. The number of anilines is 1. The number of benzene rings is 1. The van der Waals surface area contributed by atoms with Gasteiger partial charge in [-0.15, -0.1) is 0 Å². The van der Waals surface area contributed by atoms with Gasteiger partial charge in [0, 0.05) is 28.6 Å². The molecule has 1 aromatic heterocycles. The van der Waals surface area contributed by atoms with Gasteiger partial charge in [-0.1, -0.05) is 11.6 Å². The van der Waals surface area contributed by atoms with Crippen molar-refractivity contribution in [3.05, 3.63) is 44.7 Å². The van der Waals surface area contributed by atoms with Crippen molar-refractivity contribution in [3.63, 3.8) is 0 Å². The van der Waals surface area contributed by atoms with Crippen molar-refractivity contribution in [2.45, 2.75) is 24.9 Å². The number of hydrogen-bond donors (Lipinski definition) is 2. The van der Waals surface area contributed by atoms with Crippen LogP contribution in [0.2, 0.25) is 5.02 Å². The molecule has 0 amide bonds. The molecule has 2 rings (SSSR count). The Kier molecular flexibility index (Phi) is 5.18. The van der Waals surface area contributed by atoms with Crippen molar-refractivity contribution in [1.82, 2.24) is 4.57 Å². The molecule has 0 aliphatic heterocycles. The number of halogens is 2. The van der Waals surface area contributed by atoms with Gasteiger partial charge in [-0.3, -0.25) is 4.72 Å². The van der Waals surface area contributed by atoms with Crippen LogP contribution in [0.15, 0.2) is 35.4 Å². The molecule has 2 aromatic rings. The fourth-order valence-electron chi connectivity index (χ4n) is 1.91. The van der Waals surface area contributed by atoms with Crippen LogP contribution in [0.25, 0.3) is 0 Å². The van der Waals surface area contributed by atoms with Crippen LogP contribution in [-0.2, 0) is 23.1 Å². The molecule has 0 spiro atoms. The van der Waals surface area contributed by atoms with Crippen LogP contribution in [0.3, 0.4) is 0 Å². The van der Waals surface area contributed by atoms with Gasteiger partial charge >= 0.3 is 0 Å². The quantitative estimate of drug-likeness (QED) is 0.703. The van der Waals surface area contributed by atoms with Crippen LogP contribution in [-0.4, -0.2) is 13.0 Å². The predicted molar refractivity (Wildman–Crippen MR) is 93.0 cm³/mol. The first kappa shape index (κ1) is 16.6. The fourth-order valence-corrected chi connectivity index (χ4v) is 4.02. The number of aromatic nitrogens is 1. The van der Waals surface area contributed by atoms with Crippen molar-refractivity contribution < 1.29 is 8.42 Å². The number of nitrogens with two attached hydrogens (primary N) is 1. The molecule has 0 saturated carbocycles. The number of sulfonamides is 1. The molecular weight excluding hydrogens is 425 g/mol. The summed E-state index contributed by atoms with van der Waals surface area (Å²) in [7, 11) is -3.68. The van der Waals surface area contributed by atoms with E-state index in [-0.39, 0.29) is 11.4 Å². The van der Waals surface area contributed by atoms with E-state index < -0.39 is 10.0 Å².